The Balaban J connectivity index is 0.000000431. The predicted molar refractivity (Wildman–Crippen MR) is 129 cm³/mol. The van der Waals surface area contributed by atoms with Crippen molar-refractivity contribution in [1.29, 1.82) is 0 Å². The number of ether oxygens (including phenoxy) is 3. The third-order valence-corrected chi connectivity index (χ3v) is 6.08. The first-order valence-electron chi connectivity index (χ1n) is 11.3. The number of aliphatic carboxylic acids is 2. The number of nitrogens with zero attached hydrogens (tertiary/aromatic N) is 2. The molecule has 184 valence electrons. The smallest absolute Gasteiger partial charge is 0.414 e. The molecule has 0 unspecified atom stereocenters. The number of fused-ring (bicyclic) bond motifs is 2. The Morgan fingerprint density at radius 1 is 0.829 bits per heavy atom. The zero-order valence-corrected chi connectivity index (χ0v) is 19.5. The lowest BCUT2D eigenvalue weighted by atomic mass is 10.0. The van der Waals surface area contributed by atoms with Crippen LogP contribution in [-0.2, 0) is 22.7 Å². The normalized spacial score (nSPS) is 15.3. The summed E-state index contributed by atoms with van der Waals surface area (Å²) < 4.78 is 16.4. The molecule has 2 aliphatic rings. The van der Waals surface area contributed by atoms with E-state index < -0.39 is 11.9 Å². The molecular weight excluding hydrogens is 452 g/mol. The minimum Gasteiger partial charge on any atom is -0.496 e. The van der Waals surface area contributed by atoms with E-state index in [1.807, 2.05) is 6.07 Å². The van der Waals surface area contributed by atoms with Crippen LogP contribution in [0.5, 0.6) is 17.2 Å². The van der Waals surface area contributed by atoms with Crippen LogP contribution in [0.4, 0.5) is 0 Å². The van der Waals surface area contributed by atoms with Crippen LogP contribution in [0, 0.1) is 0 Å². The lowest BCUT2D eigenvalue weighted by molar-refractivity contribution is -0.159. The van der Waals surface area contributed by atoms with Crippen LogP contribution in [-0.4, -0.2) is 72.0 Å². The molecule has 1 fully saturated rings. The second-order valence-corrected chi connectivity index (χ2v) is 8.32. The maximum Gasteiger partial charge on any atom is 0.414 e. The summed E-state index contributed by atoms with van der Waals surface area (Å²) in [5, 5.41) is 17.3. The van der Waals surface area contributed by atoms with Gasteiger partial charge in [-0.2, -0.15) is 0 Å². The van der Waals surface area contributed by atoms with E-state index in [1.165, 1.54) is 21.9 Å². The average molecular weight is 481 g/mol. The van der Waals surface area contributed by atoms with Crippen molar-refractivity contribution in [2.75, 3.05) is 40.1 Å². The first-order chi connectivity index (χ1) is 16.9. The molecule has 0 saturated carbocycles. The second kappa shape index (κ2) is 11.1. The Morgan fingerprint density at radius 2 is 1.46 bits per heavy atom. The lowest BCUT2D eigenvalue weighted by Crippen LogP contribution is -2.45. The molecule has 1 saturated heterocycles. The van der Waals surface area contributed by atoms with Gasteiger partial charge in [0.05, 0.1) is 7.11 Å². The molecule has 3 aromatic rings. The molecule has 2 aliphatic heterocycles. The van der Waals surface area contributed by atoms with Crippen molar-refractivity contribution in [3.05, 3.63) is 65.7 Å². The number of hydrogen-bond acceptors (Lipinski definition) is 7. The monoisotopic (exact) mass is 480 g/mol. The van der Waals surface area contributed by atoms with Crippen LogP contribution >= 0.6 is 0 Å². The molecule has 0 aliphatic carbocycles. The molecule has 5 rings (SSSR count). The summed E-state index contributed by atoms with van der Waals surface area (Å²) in [6, 6.07) is 19.1. The standard InChI is InChI=1S/C24H26N2O3.C2H2O4/c1-27-22-9-7-19(20-4-2-3-5-21(20)22)16-26-12-10-25(11-13-26)15-18-6-8-23-24(14-18)29-17-28-23;3-1(4)2(5)6/h2-9,14H,10-13,15-17H2,1H3;(H,3,4)(H,5,6). The summed E-state index contributed by atoms with van der Waals surface area (Å²) >= 11 is 0. The maximum absolute atomic E-state index is 9.10. The van der Waals surface area contributed by atoms with Gasteiger partial charge in [0.15, 0.2) is 11.5 Å². The fourth-order valence-corrected chi connectivity index (χ4v) is 4.29. The van der Waals surface area contributed by atoms with E-state index in [9.17, 15) is 0 Å². The molecule has 9 heteroatoms. The highest BCUT2D eigenvalue weighted by Crippen LogP contribution is 2.33. The Morgan fingerprint density at radius 3 is 2.11 bits per heavy atom. The van der Waals surface area contributed by atoms with E-state index in [0.29, 0.717) is 6.79 Å². The minimum absolute atomic E-state index is 0.331. The largest absolute Gasteiger partial charge is 0.496 e. The summed E-state index contributed by atoms with van der Waals surface area (Å²) in [5.41, 5.74) is 2.65. The SMILES string of the molecule is COc1ccc(CN2CCN(Cc3ccc4c(c3)OCO4)CC2)c2ccccc12.O=C(O)C(=O)O. The summed E-state index contributed by atoms with van der Waals surface area (Å²) in [5.74, 6) is -0.985. The maximum atomic E-state index is 9.10. The van der Waals surface area contributed by atoms with Gasteiger partial charge in [-0.3, -0.25) is 9.80 Å². The Bertz CT molecular complexity index is 1190. The molecular formula is C26H28N2O7. The summed E-state index contributed by atoms with van der Waals surface area (Å²) in [7, 11) is 1.74. The number of carboxylic acids is 2. The fourth-order valence-electron chi connectivity index (χ4n) is 4.29. The molecule has 3 aromatic carbocycles. The van der Waals surface area contributed by atoms with Gasteiger partial charge in [0, 0.05) is 44.7 Å². The number of hydrogen-bond donors (Lipinski definition) is 2. The summed E-state index contributed by atoms with van der Waals surface area (Å²) in [6.45, 7) is 6.55. The Hall–Kier alpha value is -3.82. The van der Waals surface area contributed by atoms with Crippen LogP contribution in [0.1, 0.15) is 11.1 Å². The molecule has 2 N–H and O–H groups in total. The molecule has 2 heterocycles. The van der Waals surface area contributed by atoms with Crippen molar-refractivity contribution >= 4 is 22.7 Å². The fraction of sp³-hybridized carbons (Fsp3) is 0.308. The molecule has 35 heavy (non-hydrogen) atoms. The van der Waals surface area contributed by atoms with Crippen LogP contribution in [0.2, 0.25) is 0 Å². The van der Waals surface area contributed by atoms with Crippen LogP contribution in [0.3, 0.4) is 0 Å². The van der Waals surface area contributed by atoms with Gasteiger partial charge in [-0.1, -0.05) is 36.4 Å². The van der Waals surface area contributed by atoms with Gasteiger partial charge in [0.25, 0.3) is 0 Å². The van der Waals surface area contributed by atoms with Crippen LogP contribution < -0.4 is 14.2 Å². The van der Waals surface area contributed by atoms with Gasteiger partial charge < -0.3 is 24.4 Å². The third kappa shape index (κ3) is 6.00. The zero-order chi connectivity index (χ0) is 24.8. The van der Waals surface area contributed by atoms with Gasteiger partial charge in [0.1, 0.15) is 5.75 Å². The number of carbonyl (C=O) groups is 2. The molecule has 9 nitrogen and oxygen atoms in total. The van der Waals surface area contributed by atoms with Crippen molar-refractivity contribution in [3.63, 3.8) is 0 Å². The number of methoxy groups -OCH3 is 1. The van der Waals surface area contributed by atoms with E-state index in [2.05, 4.69) is 58.3 Å². The molecule has 0 radical (unpaired) electrons. The van der Waals surface area contributed by atoms with Crippen LogP contribution in [0.25, 0.3) is 10.8 Å². The van der Waals surface area contributed by atoms with E-state index in [4.69, 9.17) is 34.0 Å². The first kappa shape index (κ1) is 24.3. The van der Waals surface area contributed by atoms with E-state index >= 15 is 0 Å². The van der Waals surface area contributed by atoms with Crippen molar-refractivity contribution in [2.45, 2.75) is 13.1 Å². The van der Waals surface area contributed by atoms with Crippen LogP contribution in [0.15, 0.2) is 54.6 Å². The van der Waals surface area contributed by atoms with Crippen molar-refractivity contribution < 1.29 is 34.0 Å². The summed E-state index contributed by atoms with van der Waals surface area (Å²) in [6.07, 6.45) is 0. The van der Waals surface area contributed by atoms with Crippen molar-refractivity contribution in [3.8, 4) is 17.2 Å². The highest BCUT2D eigenvalue weighted by atomic mass is 16.7. The molecule has 0 aromatic heterocycles. The van der Waals surface area contributed by atoms with E-state index in [1.54, 1.807) is 7.11 Å². The molecule has 0 bridgehead atoms. The molecule has 0 atom stereocenters. The highest BCUT2D eigenvalue weighted by molar-refractivity contribution is 6.27. The van der Waals surface area contributed by atoms with Gasteiger partial charge in [-0.15, -0.1) is 0 Å². The first-order valence-corrected chi connectivity index (χ1v) is 11.3. The zero-order valence-electron chi connectivity index (χ0n) is 19.5. The highest BCUT2D eigenvalue weighted by Gasteiger charge is 2.20. The lowest BCUT2D eigenvalue weighted by Gasteiger charge is -2.35. The number of carboxylic acid groups (broad SMARTS) is 2. The molecule has 0 amide bonds. The van der Waals surface area contributed by atoms with E-state index in [0.717, 1.165) is 56.5 Å². The number of benzene rings is 3. The Kier molecular flexibility index (Phi) is 7.69. The molecule has 0 spiro atoms. The van der Waals surface area contributed by atoms with Gasteiger partial charge in [-0.05, 0) is 34.7 Å². The Labute approximate surface area is 203 Å². The van der Waals surface area contributed by atoms with Gasteiger partial charge >= 0.3 is 11.9 Å². The van der Waals surface area contributed by atoms with Crippen molar-refractivity contribution in [1.82, 2.24) is 9.80 Å². The third-order valence-electron chi connectivity index (χ3n) is 6.08. The topological polar surface area (TPSA) is 109 Å². The minimum atomic E-state index is -1.82. The quantitative estimate of drug-likeness (QED) is 0.533. The van der Waals surface area contributed by atoms with Gasteiger partial charge in [0.2, 0.25) is 6.79 Å². The second-order valence-electron chi connectivity index (χ2n) is 8.32. The number of piperazine rings is 1. The van der Waals surface area contributed by atoms with Gasteiger partial charge in [-0.25, -0.2) is 9.59 Å². The average Bonchev–Trinajstić information content (AvgIpc) is 3.34. The van der Waals surface area contributed by atoms with Crippen molar-refractivity contribution in [2.24, 2.45) is 0 Å². The number of rotatable bonds is 5. The summed E-state index contributed by atoms with van der Waals surface area (Å²) in [4.78, 5) is 23.3. The van der Waals surface area contributed by atoms with E-state index in [-0.39, 0.29) is 0 Å². The predicted octanol–water partition coefficient (Wildman–Crippen LogP) is 3.05.